The van der Waals surface area contributed by atoms with Gasteiger partial charge in [-0.15, -0.1) is 11.8 Å². The zero-order chi connectivity index (χ0) is 13.5. The van der Waals surface area contributed by atoms with Crippen molar-refractivity contribution in [2.24, 2.45) is 0 Å². The number of carbonyl (C=O) groups excluding carboxylic acids is 1. The summed E-state index contributed by atoms with van der Waals surface area (Å²) in [5.41, 5.74) is 1.75. The Bertz CT molecular complexity index is 544. The van der Waals surface area contributed by atoms with Gasteiger partial charge in [0.15, 0.2) is 0 Å². The number of benzene rings is 1. The summed E-state index contributed by atoms with van der Waals surface area (Å²) in [6.07, 6.45) is 5.45. The molecule has 8 heteroatoms. The number of urea groups is 1. The maximum Gasteiger partial charge on any atom is 2.00 e. The van der Waals surface area contributed by atoms with Crippen LogP contribution < -0.4 is 35.4 Å². The van der Waals surface area contributed by atoms with Gasteiger partial charge >= 0.3 is 23.1 Å². The standard InChI is InChI=1S/C14H15N3OS.2ClH.Cu/c1-19-13-6-4-12(5-7-13)17-14(18)16-10-11-3-2-8-15-9-11;;;/h2-9H,10H2,1H3,(H2,16,17,18);2*1H;/q;;;+2/p-2. The predicted octanol–water partition coefficient (Wildman–Crippen LogP) is -2.87. The number of rotatable bonds is 4. The molecule has 2 amide bonds. The number of anilines is 1. The topological polar surface area (TPSA) is 54.0 Å². The van der Waals surface area contributed by atoms with Crippen molar-refractivity contribution in [3.63, 3.8) is 0 Å². The van der Waals surface area contributed by atoms with E-state index in [-0.39, 0.29) is 47.9 Å². The largest absolute Gasteiger partial charge is 2.00 e. The van der Waals surface area contributed by atoms with Crippen LogP contribution in [0.15, 0.2) is 53.7 Å². The third-order valence-corrected chi connectivity index (χ3v) is 3.27. The summed E-state index contributed by atoms with van der Waals surface area (Å²) in [6.45, 7) is 0.461. The SMILES string of the molecule is CSc1ccc(NC(=O)NCc2cccnc2)cc1.[Cl-].[Cl-].[Cu+2]. The van der Waals surface area contributed by atoms with Crippen LogP contribution in [-0.2, 0) is 23.6 Å². The van der Waals surface area contributed by atoms with Crippen LogP contribution in [0.2, 0.25) is 0 Å². The van der Waals surface area contributed by atoms with Crippen LogP contribution in [0, 0.1) is 0 Å². The van der Waals surface area contributed by atoms with Gasteiger partial charge in [0.1, 0.15) is 0 Å². The summed E-state index contributed by atoms with van der Waals surface area (Å²) in [6, 6.07) is 11.3. The molecule has 0 spiro atoms. The number of aromatic nitrogens is 1. The molecule has 2 N–H and O–H groups in total. The summed E-state index contributed by atoms with van der Waals surface area (Å²) in [5, 5.41) is 5.56. The van der Waals surface area contributed by atoms with Gasteiger partial charge in [0.2, 0.25) is 0 Å². The summed E-state index contributed by atoms with van der Waals surface area (Å²) >= 11 is 1.67. The number of carbonyl (C=O) groups is 1. The van der Waals surface area contributed by atoms with Crippen LogP contribution in [0.4, 0.5) is 10.5 Å². The van der Waals surface area contributed by atoms with Gasteiger partial charge in [0.25, 0.3) is 0 Å². The van der Waals surface area contributed by atoms with Crippen LogP contribution >= 0.6 is 11.8 Å². The summed E-state index contributed by atoms with van der Waals surface area (Å²) < 4.78 is 0. The molecule has 0 aliphatic heterocycles. The number of nitrogens with zero attached hydrogens (tertiary/aromatic N) is 1. The van der Waals surface area contributed by atoms with Gasteiger partial charge < -0.3 is 35.4 Å². The molecule has 0 saturated heterocycles. The molecule has 1 aromatic heterocycles. The molecule has 0 unspecified atom stereocenters. The van der Waals surface area contributed by atoms with E-state index in [1.54, 1.807) is 24.2 Å². The van der Waals surface area contributed by atoms with E-state index in [1.807, 2.05) is 42.7 Å². The first kappa shape index (κ1) is 23.4. The molecule has 123 valence electrons. The number of hydrogen-bond acceptors (Lipinski definition) is 3. The molecule has 0 atom stereocenters. The normalized spacial score (nSPS) is 8.59. The molecular formula is C14H15Cl2CuN3OS. The average Bonchev–Trinajstić information content (AvgIpc) is 2.47. The summed E-state index contributed by atoms with van der Waals surface area (Å²) in [7, 11) is 0. The number of thioether (sulfide) groups is 1. The van der Waals surface area contributed by atoms with E-state index >= 15 is 0 Å². The Morgan fingerprint density at radius 2 is 1.86 bits per heavy atom. The molecule has 1 radical (unpaired) electrons. The van der Waals surface area contributed by atoms with Crippen molar-refractivity contribution in [1.82, 2.24) is 10.3 Å². The second-order valence-electron chi connectivity index (χ2n) is 3.90. The van der Waals surface area contributed by atoms with Crippen molar-refractivity contribution >= 4 is 23.5 Å². The fraction of sp³-hybridized carbons (Fsp3) is 0.143. The molecule has 0 fully saturated rings. The molecule has 0 aliphatic rings. The van der Waals surface area contributed by atoms with Crippen molar-refractivity contribution in [2.45, 2.75) is 11.4 Å². The molecule has 22 heavy (non-hydrogen) atoms. The van der Waals surface area contributed by atoms with Crippen LogP contribution in [0.25, 0.3) is 0 Å². The molecule has 4 nitrogen and oxygen atoms in total. The van der Waals surface area contributed by atoms with E-state index in [4.69, 9.17) is 0 Å². The third kappa shape index (κ3) is 7.92. The first-order valence-corrected chi connectivity index (χ1v) is 7.08. The fourth-order valence-electron chi connectivity index (χ4n) is 1.53. The Hall–Kier alpha value is -0.911. The van der Waals surface area contributed by atoms with E-state index in [0.717, 1.165) is 11.3 Å². The Kier molecular flexibility index (Phi) is 13.4. The number of amides is 2. The number of nitrogens with one attached hydrogen (secondary N) is 2. The molecule has 2 rings (SSSR count). The Morgan fingerprint density at radius 1 is 1.18 bits per heavy atom. The first-order valence-electron chi connectivity index (χ1n) is 5.86. The van der Waals surface area contributed by atoms with Gasteiger partial charge in [-0.1, -0.05) is 6.07 Å². The Morgan fingerprint density at radius 3 is 2.41 bits per heavy atom. The Balaban J connectivity index is 0. The van der Waals surface area contributed by atoms with Gasteiger partial charge in [-0.2, -0.15) is 0 Å². The minimum atomic E-state index is -0.222. The van der Waals surface area contributed by atoms with Gasteiger partial charge in [-0.25, -0.2) is 4.79 Å². The van der Waals surface area contributed by atoms with Crippen molar-refractivity contribution < 1.29 is 46.7 Å². The summed E-state index contributed by atoms with van der Waals surface area (Å²) in [4.78, 5) is 16.9. The van der Waals surface area contributed by atoms with E-state index in [1.165, 1.54) is 4.90 Å². The second-order valence-corrected chi connectivity index (χ2v) is 4.78. The molecule has 2 aromatic rings. The van der Waals surface area contributed by atoms with Crippen molar-refractivity contribution in [2.75, 3.05) is 11.6 Å². The zero-order valence-electron chi connectivity index (χ0n) is 11.6. The average molecular weight is 408 g/mol. The van der Waals surface area contributed by atoms with Gasteiger partial charge in [-0.05, 0) is 42.2 Å². The molecule has 0 bridgehead atoms. The number of halogens is 2. The predicted molar refractivity (Wildman–Crippen MR) is 78.3 cm³/mol. The van der Waals surface area contributed by atoms with Crippen LogP contribution in [0.1, 0.15) is 5.56 Å². The number of pyridine rings is 1. The first-order chi connectivity index (χ1) is 9.28. The zero-order valence-corrected chi connectivity index (χ0v) is 14.9. The van der Waals surface area contributed by atoms with Gasteiger partial charge in [0.05, 0.1) is 0 Å². The number of hydrogen-bond donors (Lipinski definition) is 2. The quantitative estimate of drug-likeness (QED) is 0.423. The van der Waals surface area contributed by atoms with E-state index in [0.29, 0.717) is 6.54 Å². The Labute approximate surface area is 157 Å². The van der Waals surface area contributed by atoms with Crippen molar-refractivity contribution in [3.8, 4) is 0 Å². The minimum absolute atomic E-state index is 0. The molecule has 1 heterocycles. The van der Waals surface area contributed by atoms with Crippen LogP contribution in [0.3, 0.4) is 0 Å². The van der Waals surface area contributed by atoms with Gasteiger partial charge in [-0.3, -0.25) is 4.98 Å². The second kappa shape index (κ2) is 12.6. The van der Waals surface area contributed by atoms with Crippen molar-refractivity contribution in [3.05, 3.63) is 54.4 Å². The minimum Gasteiger partial charge on any atom is -1.00 e. The van der Waals surface area contributed by atoms with E-state index in [9.17, 15) is 4.79 Å². The fourth-order valence-corrected chi connectivity index (χ4v) is 1.94. The molecule has 1 aromatic carbocycles. The maximum atomic E-state index is 11.7. The van der Waals surface area contributed by atoms with E-state index < -0.39 is 0 Å². The smallest absolute Gasteiger partial charge is 1.00 e. The third-order valence-electron chi connectivity index (χ3n) is 2.52. The van der Waals surface area contributed by atoms with E-state index in [2.05, 4.69) is 15.6 Å². The molecule has 0 aliphatic carbocycles. The van der Waals surface area contributed by atoms with Gasteiger partial charge in [0, 0.05) is 29.5 Å². The summed E-state index contributed by atoms with van der Waals surface area (Å²) in [5.74, 6) is 0. The maximum absolute atomic E-state index is 11.7. The van der Waals surface area contributed by atoms with Crippen LogP contribution in [0.5, 0.6) is 0 Å². The molecular weight excluding hydrogens is 393 g/mol. The molecule has 0 saturated carbocycles. The monoisotopic (exact) mass is 406 g/mol. The van der Waals surface area contributed by atoms with Crippen molar-refractivity contribution in [1.29, 1.82) is 0 Å². The van der Waals surface area contributed by atoms with Crippen LogP contribution in [-0.4, -0.2) is 17.3 Å².